The second-order valence-corrected chi connectivity index (χ2v) is 12.1. The Hall–Kier alpha value is -3.36. The molecule has 8 nitrogen and oxygen atoms in total. The highest BCUT2D eigenvalue weighted by atomic mass is 32.1. The first-order valence-electron chi connectivity index (χ1n) is 13.8. The number of alkyl halides is 3. The largest absolute Gasteiger partial charge is 0.463 e. The summed E-state index contributed by atoms with van der Waals surface area (Å²) in [4.78, 5) is 14.8. The fourth-order valence-corrected chi connectivity index (χ4v) is 7.04. The maximum Gasteiger partial charge on any atom is 0.417 e. The highest BCUT2D eigenvalue weighted by Gasteiger charge is 2.39. The Morgan fingerprint density at radius 2 is 1.86 bits per heavy atom. The van der Waals surface area contributed by atoms with Gasteiger partial charge in [-0.3, -0.25) is 0 Å². The van der Waals surface area contributed by atoms with Gasteiger partial charge in [0.15, 0.2) is 10.9 Å². The smallest absolute Gasteiger partial charge is 0.417 e. The van der Waals surface area contributed by atoms with Crippen molar-refractivity contribution < 1.29 is 31.4 Å². The molecule has 0 radical (unpaired) electrons. The van der Waals surface area contributed by atoms with E-state index < -0.39 is 28.9 Å². The minimum absolute atomic E-state index is 0.0496. The van der Waals surface area contributed by atoms with Crippen molar-refractivity contribution in [2.24, 2.45) is 5.92 Å². The zero-order valence-corrected chi connectivity index (χ0v) is 23.1. The van der Waals surface area contributed by atoms with Crippen LogP contribution >= 0.6 is 11.3 Å². The summed E-state index contributed by atoms with van der Waals surface area (Å²) in [6.07, 6.45) is -1.33. The fourth-order valence-electron chi connectivity index (χ4n) is 6.28. The van der Waals surface area contributed by atoms with Crippen molar-refractivity contribution in [1.29, 1.82) is 0 Å². The van der Waals surface area contributed by atoms with E-state index in [4.69, 9.17) is 15.2 Å². The van der Waals surface area contributed by atoms with Gasteiger partial charge in [-0.2, -0.15) is 23.1 Å². The number of fused-ring (bicyclic) bond motifs is 4. The van der Waals surface area contributed by atoms with Crippen LogP contribution in [0, 0.1) is 17.6 Å². The third-order valence-electron chi connectivity index (χ3n) is 8.20. The molecule has 3 unspecified atom stereocenters. The van der Waals surface area contributed by atoms with E-state index in [2.05, 4.69) is 20.3 Å². The number of nitrogens with zero attached hydrogens (tertiary/aromatic N) is 4. The number of nitrogen functional groups attached to an aromatic ring is 1. The van der Waals surface area contributed by atoms with Crippen LogP contribution in [0.3, 0.4) is 0 Å². The molecule has 3 N–H and O–H groups in total. The van der Waals surface area contributed by atoms with Crippen LogP contribution in [-0.4, -0.2) is 59.9 Å². The van der Waals surface area contributed by atoms with Gasteiger partial charge in [0.2, 0.25) is 0 Å². The van der Waals surface area contributed by atoms with Crippen molar-refractivity contribution >= 4 is 43.4 Å². The predicted molar refractivity (Wildman–Crippen MR) is 149 cm³/mol. The van der Waals surface area contributed by atoms with Crippen LogP contribution in [0.5, 0.6) is 6.01 Å². The molecule has 3 atom stereocenters. The summed E-state index contributed by atoms with van der Waals surface area (Å²) in [5.74, 6) is -1.65. The Balaban J connectivity index is 1.43. The molecule has 3 aliphatic rings. The van der Waals surface area contributed by atoms with E-state index in [1.54, 1.807) is 0 Å². The number of hydrogen-bond acceptors (Lipinski definition) is 9. The van der Waals surface area contributed by atoms with Gasteiger partial charge in [-0.25, -0.2) is 13.8 Å². The quantitative estimate of drug-likeness (QED) is 0.286. The summed E-state index contributed by atoms with van der Waals surface area (Å²) >= 11 is 0.780. The number of aromatic nitrogens is 3. The number of rotatable bonds is 5. The van der Waals surface area contributed by atoms with Gasteiger partial charge in [0.1, 0.15) is 17.2 Å². The maximum atomic E-state index is 16.6. The van der Waals surface area contributed by atoms with E-state index in [0.717, 1.165) is 55.2 Å². The van der Waals surface area contributed by atoms with Crippen LogP contribution in [0.4, 0.5) is 32.9 Å². The van der Waals surface area contributed by atoms with E-state index in [1.807, 2.05) is 4.90 Å². The van der Waals surface area contributed by atoms with Gasteiger partial charge >= 0.3 is 12.2 Å². The number of halogens is 5. The van der Waals surface area contributed by atoms with Crippen molar-refractivity contribution in [1.82, 2.24) is 20.3 Å². The van der Waals surface area contributed by atoms with Gasteiger partial charge in [0.05, 0.1) is 29.0 Å². The Morgan fingerprint density at radius 3 is 2.57 bits per heavy atom. The van der Waals surface area contributed by atoms with Crippen molar-refractivity contribution in [2.45, 2.75) is 43.9 Å². The van der Waals surface area contributed by atoms with Gasteiger partial charge in [0, 0.05) is 54.2 Å². The third-order valence-corrected chi connectivity index (χ3v) is 9.09. The molecule has 0 aliphatic carbocycles. The van der Waals surface area contributed by atoms with Gasteiger partial charge in [0.25, 0.3) is 0 Å². The summed E-state index contributed by atoms with van der Waals surface area (Å²) in [7, 11) is 0. The topological polar surface area (TPSA) is 98.4 Å². The standard InChI is InChI=1S/C28H27F5N6O2S/c29-19-6-5-16(23-24(19)42-26(34)36-23)20-18(28(31,32)33)8-17-22(21(20)30)37-27(41-12-13-2-1-7-40-11-13)38-25(17)39-9-14-3-4-15(10-39)35-14/h5-6,8,13-15,35H,1-4,7,9-12H2,(H2,34,36). The fraction of sp³-hybridized carbons (Fsp3) is 0.464. The van der Waals surface area contributed by atoms with Crippen LogP contribution in [0.2, 0.25) is 0 Å². The number of ether oxygens (including phenoxy) is 2. The molecule has 3 saturated heterocycles. The number of benzene rings is 2. The number of piperazine rings is 1. The second kappa shape index (κ2) is 10.4. The molecule has 2 aromatic heterocycles. The average Bonchev–Trinajstić information content (AvgIpc) is 3.53. The summed E-state index contributed by atoms with van der Waals surface area (Å²) in [6, 6.07) is 3.13. The van der Waals surface area contributed by atoms with Gasteiger partial charge in [-0.15, -0.1) is 0 Å². The molecular weight excluding hydrogens is 579 g/mol. The van der Waals surface area contributed by atoms with Crippen LogP contribution in [0.1, 0.15) is 31.2 Å². The molecule has 42 heavy (non-hydrogen) atoms. The molecule has 3 aliphatic heterocycles. The molecule has 0 spiro atoms. The molecule has 5 heterocycles. The Labute approximate surface area is 241 Å². The van der Waals surface area contributed by atoms with Crippen LogP contribution in [0.25, 0.3) is 32.2 Å². The molecule has 7 rings (SSSR count). The summed E-state index contributed by atoms with van der Waals surface area (Å²) in [5, 5.41) is 3.37. The van der Waals surface area contributed by atoms with E-state index in [9.17, 15) is 17.6 Å². The van der Waals surface area contributed by atoms with E-state index >= 15 is 4.39 Å². The number of anilines is 2. The lowest BCUT2D eigenvalue weighted by molar-refractivity contribution is -0.137. The first-order valence-corrected chi connectivity index (χ1v) is 14.6. The summed E-state index contributed by atoms with van der Waals surface area (Å²) < 4.78 is 86.5. The molecule has 2 aromatic carbocycles. The third kappa shape index (κ3) is 4.88. The number of hydrogen-bond donors (Lipinski definition) is 2. The van der Waals surface area contributed by atoms with E-state index in [0.29, 0.717) is 26.3 Å². The van der Waals surface area contributed by atoms with Crippen molar-refractivity contribution in [3.8, 4) is 17.1 Å². The van der Waals surface area contributed by atoms with Crippen molar-refractivity contribution in [2.75, 3.05) is 43.5 Å². The molecule has 4 aromatic rings. The van der Waals surface area contributed by atoms with Gasteiger partial charge in [-0.1, -0.05) is 11.3 Å². The lowest BCUT2D eigenvalue weighted by Gasteiger charge is -2.34. The van der Waals surface area contributed by atoms with Crippen LogP contribution in [-0.2, 0) is 10.9 Å². The van der Waals surface area contributed by atoms with Crippen LogP contribution < -0.4 is 20.7 Å². The Bertz CT molecular complexity index is 1660. The van der Waals surface area contributed by atoms with Crippen molar-refractivity contribution in [3.05, 3.63) is 35.4 Å². The second-order valence-electron chi connectivity index (χ2n) is 11.1. The zero-order valence-electron chi connectivity index (χ0n) is 22.3. The van der Waals surface area contributed by atoms with E-state index in [-0.39, 0.29) is 68.3 Å². The van der Waals surface area contributed by atoms with Crippen molar-refractivity contribution in [3.63, 3.8) is 0 Å². The molecule has 3 fully saturated rings. The molecular formula is C28H27F5N6O2S. The minimum atomic E-state index is -4.96. The first kappa shape index (κ1) is 27.5. The zero-order chi connectivity index (χ0) is 29.2. The first-order chi connectivity index (χ1) is 20.2. The highest BCUT2D eigenvalue weighted by molar-refractivity contribution is 7.22. The molecule has 14 heteroatoms. The van der Waals surface area contributed by atoms with Crippen LogP contribution in [0.15, 0.2) is 18.2 Å². The van der Waals surface area contributed by atoms with Gasteiger partial charge in [-0.05, 0) is 43.9 Å². The lowest BCUT2D eigenvalue weighted by atomic mass is 9.95. The highest BCUT2D eigenvalue weighted by Crippen LogP contribution is 2.46. The number of nitrogens with two attached hydrogens (primary N) is 1. The maximum absolute atomic E-state index is 16.6. The monoisotopic (exact) mass is 606 g/mol. The molecule has 0 saturated carbocycles. The normalized spacial score (nSPS) is 22.8. The molecule has 0 amide bonds. The minimum Gasteiger partial charge on any atom is -0.463 e. The average molecular weight is 607 g/mol. The number of thiazole rings is 1. The Morgan fingerprint density at radius 1 is 1.07 bits per heavy atom. The van der Waals surface area contributed by atoms with E-state index in [1.165, 1.54) is 0 Å². The SMILES string of the molecule is Nc1nc2c(-c3c(C(F)(F)F)cc4c(N5CC6CCC(C5)N6)nc(OCC5CCCOC5)nc4c3F)ccc(F)c2s1. The van der Waals surface area contributed by atoms with Gasteiger partial charge < -0.3 is 25.4 Å². The summed E-state index contributed by atoms with van der Waals surface area (Å²) in [5.41, 5.74) is 3.07. The molecule has 222 valence electrons. The lowest BCUT2D eigenvalue weighted by Crippen LogP contribution is -2.51. The number of nitrogens with one attached hydrogen (secondary N) is 1. The Kier molecular flexibility index (Phi) is 6.82. The predicted octanol–water partition coefficient (Wildman–Crippen LogP) is 5.53. The summed E-state index contributed by atoms with van der Waals surface area (Å²) in [6.45, 7) is 2.41. The molecule has 2 bridgehead atoms.